The summed E-state index contributed by atoms with van der Waals surface area (Å²) in [5, 5.41) is 5.35. The van der Waals surface area contributed by atoms with Gasteiger partial charge in [0.1, 0.15) is 0 Å². The zero-order valence-electron chi connectivity index (χ0n) is 14.5. The quantitative estimate of drug-likeness (QED) is 0.770. The van der Waals surface area contributed by atoms with Gasteiger partial charge >= 0.3 is 0 Å². The highest BCUT2D eigenvalue weighted by molar-refractivity contribution is 6.05. The van der Waals surface area contributed by atoms with Gasteiger partial charge in [-0.1, -0.05) is 31.9 Å². The Morgan fingerprint density at radius 2 is 2.08 bits per heavy atom. The minimum atomic E-state index is -0.409. The highest BCUT2D eigenvalue weighted by atomic mass is 16.2. The average molecular weight is 341 g/mol. The lowest BCUT2D eigenvalue weighted by molar-refractivity contribution is -0.128. The van der Waals surface area contributed by atoms with Gasteiger partial charge in [-0.05, 0) is 18.1 Å². The standard InChI is InChI=1S/C19H23N3O3/c1-4-9-20-19(25)15-7-5-6-8-16(15)21-18(24)14-10-17(23)22(12-14)11-13(2)3/h1,5-8,13-14H,9-12H2,2-3H3,(H,20,25)(H,21,24). The number of terminal acetylenes is 1. The Labute approximate surface area is 148 Å². The van der Waals surface area contributed by atoms with Crippen molar-refractivity contribution >= 4 is 23.4 Å². The molecule has 0 aliphatic carbocycles. The van der Waals surface area contributed by atoms with Crippen molar-refractivity contribution in [2.45, 2.75) is 20.3 Å². The number of para-hydroxylation sites is 1. The number of anilines is 1. The van der Waals surface area contributed by atoms with E-state index >= 15 is 0 Å². The molecule has 0 radical (unpaired) electrons. The third kappa shape index (κ3) is 4.83. The number of carbonyl (C=O) groups is 3. The molecule has 1 aliphatic heterocycles. The SMILES string of the molecule is C#CCNC(=O)c1ccccc1NC(=O)C1CC(=O)N(CC(C)C)C1. The van der Waals surface area contributed by atoms with Gasteiger partial charge in [-0.3, -0.25) is 14.4 Å². The van der Waals surface area contributed by atoms with Gasteiger partial charge in [0.15, 0.2) is 0 Å². The second-order valence-electron chi connectivity index (χ2n) is 6.52. The van der Waals surface area contributed by atoms with Gasteiger partial charge in [-0.2, -0.15) is 0 Å². The highest BCUT2D eigenvalue weighted by Gasteiger charge is 2.34. The summed E-state index contributed by atoms with van der Waals surface area (Å²) in [6, 6.07) is 6.72. The maximum absolute atomic E-state index is 12.5. The van der Waals surface area contributed by atoms with Crippen molar-refractivity contribution in [2.24, 2.45) is 11.8 Å². The van der Waals surface area contributed by atoms with Gasteiger partial charge in [0.05, 0.1) is 23.7 Å². The number of amides is 3. The van der Waals surface area contributed by atoms with Crippen LogP contribution in [0, 0.1) is 24.2 Å². The maximum atomic E-state index is 12.5. The zero-order valence-corrected chi connectivity index (χ0v) is 14.5. The van der Waals surface area contributed by atoms with Crippen molar-refractivity contribution in [3.63, 3.8) is 0 Å². The van der Waals surface area contributed by atoms with Crippen molar-refractivity contribution in [1.29, 1.82) is 0 Å². The van der Waals surface area contributed by atoms with Crippen molar-refractivity contribution in [2.75, 3.05) is 25.0 Å². The third-order valence-corrected chi connectivity index (χ3v) is 3.95. The number of carbonyl (C=O) groups excluding carboxylic acids is 3. The summed E-state index contributed by atoms with van der Waals surface area (Å²) < 4.78 is 0. The Bertz CT molecular complexity index is 706. The summed E-state index contributed by atoms with van der Waals surface area (Å²) in [7, 11) is 0. The van der Waals surface area contributed by atoms with Crippen LogP contribution in [-0.2, 0) is 9.59 Å². The first-order valence-electron chi connectivity index (χ1n) is 8.31. The van der Waals surface area contributed by atoms with E-state index in [9.17, 15) is 14.4 Å². The van der Waals surface area contributed by atoms with Crippen LogP contribution in [0.5, 0.6) is 0 Å². The summed E-state index contributed by atoms with van der Waals surface area (Å²) in [5.74, 6) is 1.67. The highest BCUT2D eigenvalue weighted by Crippen LogP contribution is 2.22. The van der Waals surface area contributed by atoms with Crippen LogP contribution in [0.15, 0.2) is 24.3 Å². The Balaban J connectivity index is 2.05. The summed E-state index contributed by atoms with van der Waals surface area (Å²) in [4.78, 5) is 38.4. The molecule has 1 saturated heterocycles. The van der Waals surface area contributed by atoms with Crippen molar-refractivity contribution in [3.05, 3.63) is 29.8 Å². The monoisotopic (exact) mass is 341 g/mol. The summed E-state index contributed by atoms with van der Waals surface area (Å²) in [5.41, 5.74) is 0.756. The normalized spacial score (nSPS) is 16.6. The lowest BCUT2D eigenvalue weighted by Crippen LogP contribution is -2.31. The van der Waals surface area contributed by atoms with E-state index in [1.54, 1.807) is 29.2 Å². The van der Waals surface area contributed by atoms with Crippen LogP contribution in [-0.4, -0.2) is 42.3 Å². The summed E-state index contributed by atoms with van der Waals surface area (Å²) in [6.07, 6.45) is 5.34. The molecule has 6 nitrogen and oxygen atoms in total. The minimum Gasteiger partial charge on any atom is -0.342 e. The van der Waals surface area contributed by atoms with E-state index in [4.69, 9.17) is 6.42 Å². The van der Waals surface area contributed by atoms with Crippen LogP contribution in [0.25, 0.3) is 0 Å². The Kier molecular flexibility index (Phi) is 6.18. The molecular formula is C19H23N3O3. The molecule has 1 fully saturated rings. The maximum Gasteiger partial charge on any atom is 0.254 e. The molecule has 1 atom stereocenters. The molecule has 2 rings (SSSR count). The number of nitrogens with zero attached hydrogens (tertiary/aromatic N) is 1. The molecule has 1 heterocycles. The molecule has 2 N–H and O–H groups in total. The molecule has 0 saturated carbocycles. The third-order valence-electron chi connectivity index (χ3n) is 3.95. The van der Waals surface area contributed by atoms with Gasteiger partial charge in [0.25, 0.3) is 5.91 Å². The molecule has 0 spiro atoms. The van der Waals surface area contributed by atoms with Gasteiger partial charge in [-0.15, -0.1) is 6.42 Å². The second kappa shape index (κ2) is 8.34. The number of hydrogen-bond acceptors (Lipinski definition) is 3. The van der Waals surface area contributed by atoms with Crippen LogP contribution in [0.2, 0.25) is 0 Å². The predicted molar refractivity (Wildman–Crippen MR) is 95.8 cm³/mol. The van der Waals surface area contributed by atoms with Gasteiger partial charge in [0, 0.05) is 19.5 Å². The van der Waals surface area contributed by atoms with Crippen LogP contribution < -0.4 is 10.6 Å². The smallest absolute Gasteiger partial charge is 0.254 e. The van der Waals surface area contributed by atoms with Crippen LogP contribution in [0.4, 0.5) is 5.69 Å². The number of rotatable bonds is 6. The topological polar surface area (TPSA) is 78.5 Å². The fraction of sp³-hybridized carbons (Fsp3) is 0.421. The van der Waals surface area contributed by atoms with Crippen LogP contribution in [0.3, 0.4) is 0 Å². The first kappa shape index (κ1) is 18.5. The number of nitrogens with one attached hydrogen (secondary N) is 2. The number of likely N-dealkylation sites (tertiary alicyclic amines) is 1. The first-order chi connectivity index (χ1) is 11.9. The average Bonchev–Trinajstić information content (AvgIpc) is 2.93. The molecule has 1 aliphatic rings. The van der Waals surface area contributed by atoms with Crippen molar-refractivity contribution in [3.8, 4) is 12.3 Å². The Morgan fingerprint density at radius 1 is 1.36 bits per heavy atom. The molecule has 3 amide bonds. The van der Waals surface area contributed by atoms with Crippen LogP contribution >= 0.6 is 0 Å². The van der Waals surface area contributed by atoms with E-state index < -0.39 is 5.92 Å². The van der Waals surface area contributed by atoms with Gasteiger partial charge < -0.3 is 15.5 Å². The van der Waals surface area contributed by atoms with E-state index in [0.29, 0.717) is 30.3 Å². The summed E-state index contributed by atoms with van der Waals surface area (Å²) in [6.45, 7) is 5.24. The second-order valence-corrected chi connectivity index (χ2v) is 6.52. The van der Waals surface area contributed by atoms with Crippen LogP contribution in [0.1, 0.15) is 30.6 Å². The van der Waals surface area contributed by atoms with Crippen molar-refractivity contribution < 1.29 is 14.4 Å². The molecule has 1 aromatic rings. The molecule has 132 valence electrons. The number of hydrogen-bond donors (Lipinski definition) is 2. The molecule has 0 bridgehead atoms. The van der Waals surface area contributed by atoms with E-state index in [1.165, 1.54) is 0 Å². The van der Waals surface area contributed by atoms with Gasteiger partial charge in [-0.25, -0.2) is 0 Å². The molecule has 0 aromatic heterocycles. The van der Waals surface area contributed by atoms with E-state index in [1.807, 2.05) is 13.8 Å². The van der Waals surface area contributed by atoms with E-state index in [-0.39, 0.29) is 30.7 Å². The lowest BCUT2D eigenvalue weighted by atomic mass is 10.1. The first-order valence-corrected chi connectivity index (χ1v) is 8.31. The van der Waals surface area contributed by atoms with E-state index in [2.05, 4.69) is 16.6 Å². The Morgan fingerprint density at radius 3 is 2.76 bits per heavy atom. The Hall–Kier alpha value is -2.81. The minimum absolute atomic E-state index is 0.00565. The molecular weight excluding hydrogens is 318 g/mol. The fourth-order valence-electron chi connectivity index (χ4n) is 2.82. The predicted octanol–water partition coefficient (Wildman–Crippen LogP) is 1.49. The van der Waals surface area contributed by atoms with Gasteiger partial charge in [0.2, 0.25) is 11.8 Å². The fourth-order valence-corrected chi connectivity index (χ4v) is 2.82. The van der Waals surface area contributed by atoms with Crippen molar-refractivity contribution in [1.82, 2.24) is 10.2 Å². The number of benzene rings is 1. The molecule has 1 unspecified atom stereocenters. The largest absolute Gasteiger partial charge is 0.342 e. The zero-order chi connectivity index (χ0) is 18.4. The molecule has 25 heavy (non-hydrogen) atoms. The summed E-state index contributed by atoms with van der Waals surface area (Å²) >= 11 is 0. The van der Waals surface area contributed by atoms with E-state index in [0.717, 1.165) is 0 Å². The molecule has 1 aromatic carbocycles. The lowest BCUT2D eigenvalue weighted by Gasteiger charge is -2.19. The molecule has 6 heteroatoms.